The first kappa shape index (κ1) is 12.9. The van der Waals surface area contributed by atoms with Gasteiger partial charge in [-0.25, -0.2) is 4.98 Å². The molecule has 1 aromatic heterocycles. The highest BCUT2D eigenvalue weighted by Crippen LogP contribution is 2.22. The average molecular weight is 266 g/mol. The number of hydrogen-bond donors (Lipinski definition) is 1. The summed E-state index contributed by atoms with van der Waals surface area (Å²) in [6.45, 7) is 4.57. The standard InChI is InChI=1S/C17H18N2O/c1-12-6-5-7-14(10-12)11-19-16-9-4-3-8-15(16)18-17(19)13(2)20/h3-10,13,20H,11H2,1-2H3/t13-/m1/s1. The van der Waals surface area contributed by atoms with Crippen LogP contribution in [0.4, 0.5) is 0 Å². The molecule has 1 heterocycles. The molecule has 0 saturated heterocycles. The summed E-state index contributed by atoms with van der Waals surface area (Å²) < 4.78 is 2.09. The van der Waals surface area contributed by atoms with Crippen molar-refractivity contribution in [3.8, 4) is 0 Å². The lowest BCUT2D eigenvalue weighted by Crippen LogP contribution is -2.08. The quantitative estimate of drug-likeness (QED) is 0.788. The fourth-order valence-electron chi connectivity index (χ4n) is 2.57. The van der Waals surface area contributed by atoms with Gasteiger partial charge in [-0.3, -0.25) is 0 Å². The number of para-hydroxylation sites is 2. The van der Waals surface area contributed by atoms with Crippen molar-refractivity contribution in [2.45, 2.75) is 26.5 Å². The Morgan fingerprint density at radius 3 is 2.70 bits per heavy atom. The number of fused-ring (bicyclic) bond motifs is 1. The molecule has 0 amide bonds. The number of nitrogens with zero attached hydrogens (tertiary/aromatic N) is 2. The maximum atomic E-state index is 9.95. The molecule has 0 saturated carbocycles. The molecule has 0 fully saturated rings. The topological polar surface area (TPSA) is 38.0 Å². The van der Waals surface area contributed by atoms with E-state index < -0.39 is 6.10 Å². The third-order valence-corrected chi connectivity index (χ3v) is 3.48. The van der Waals surface area contributed by atoms with Gasteiger partial charge in [0.15, 0.2) is 0 Å². The first-order valence-electron chi connectivity index (χ1n) is 6.84. The Kier molecular flexibility index (Phi) is 3.28. The lowest BCUT2D eigenvalue weighted by Gasteiger charge is -2.11. The predicted molar refractivity (Wildman–Crippen MR) is 80.6 cm³/mol. The zero-order valence-corrected chi connectivity index (χ0v) is 11.7. The third kappa shape index (κ3) is 2.32. The molecule has 3 rings (SSSR count). The summed E-state index contributed by atoms with van der Waals surface area (Å²) in [4.78, 5) is 4.54. The first-order chi connectivity index (χ1) is 9.65. The normalized spacial score (nSPS) is 12.8. The second kappa shape index (κ2) is 5.10. The molecule has 3 heteroatoms. The van der Waals surface area contributed by atoms with Gasteiger partial charge in [0, 0.05) is 6.54 Å². The summed E-state index contributed by atoms with van der Waals surface area (Å²) in [5, 5.41) is 9.95. The molecule has 102 valence electrons. The lowest BCUT2D eigenvalue weighted by molar-refractivity contribution is 0.185. The largest absolute Gasteiger partial charge is 0.385 e. The molecule has 3 nitrogen and oxygen atoms in total. The van der Waals surface area contributed by atoms with Crippen LogP contribution in [0.1, 0.15) is 30.0 Å². The van der Waals surface area contributed by atoms with Gasteiger partial charge in [0.1, 0.15) is 11.9 Å². The molecule has 0 aliphatic rings. The van der Waals surface area contributed by atoms with E-state index >= 15 is 0 Å². The smallest absolute Gasteiger partial charge is 0.138 e. The van der Waals surface area contributed by atoms with Gasteiger partial charge < -0.3 is 9.67 Å². The van der Waals surface area contributed by atoms with E-state index in [1.807, 2.05) is 24.3 Å². The minimum Gasteiger partial charge on any atom is -0.385 e. The molecule has 0 aliphatic heterocycles. The van der Waals surface area contributed by atoms with E-state index in [1.165, 1.54) is 11.1 Å². The third-order valence-electron chi connectivity index (χ3n) is 3.48. The van der Waals surface area contributed by atoms with Crippen LogP contribution in [0.25, 0.3) is 11.0 Å². The van der Waals surface area contributed by atoms with Gasteiger partial charge in [0.05, 0.1) is 11.0 Å². The average Bonchev–Trinajstić information content (AvgIpc) is 2.78. The van der Waals surface area contributed by atoms with Gasteiger partial charge in [-0.1, -0.05) is 42.0 Å². The van der Waals surface area contributed by atoms with E-state index in [9.17, 15) is 5.11 Å². The molecular formula is C17H18N2O. The number of hydrogen-bond acceptors (Lipinski definition) is 2. The maximum Gasteiger partial charge on any atom is 0.138 e. The van der Waals surface area contributed by atoms with Crippen molar-refractivity contribution < 1.29 is 5.11 Å². The predicted octanol–water partition coefficient (Wildman–Crippen LogP) is 3.45. The Hall–Kier alpha value is -2.13. The molecule has 0 unspecified atom stereocenters. The van der Waals surface area contributed by atoms with E-state index in [0.717, 1.165) is 17.6 Å². The van der Waals surface area contributed by atoms with E-state index in [1.54, 1.807) is 6.92 Å². The van der Waals surface area contributed by atoms with Crippen LogP contribution in [0.5, 0.6) is 0 Å². The second-order valence-corrected chi connectivity index (χ2v) is 5.21. The summed E-state index contributed by atoms with van der Waals surface area (Å²) in [5.41, 5.74) is 4.45. The van der Waals surface area contributed by atoms with Crippen LogP contribution >= 0.6 is 0 Å². The van der Waals surface area contributed by atoms with Gasteiger partial charge >= 0.3 is 0 Å². The number of aromatic nitrogens is 2. The Labute approximate surface area is 118 Å². The van der Waals surface area contributed by atoms with E-state index in [4.69, 9.17) is 0 Å². The highest BCUT2D eigenvalue weighted by atomic mass is 16.3. The molecule has 1 atom stereocenters. The van der Waals surface area contributed by atoms with Crippen LogP contribution in [0.2, 0.25) is 0 Å². The van der Waals surface area contributed by atoms with Crippen LogP contribution < -0.4 is 0 Å². The number of aliphatic hydroxyl groups excluding tert-OH is 1. The Bertz CT molecular complexity index is 744. The second-order valence-electron chi connectivity index (χ2n) is 5.21. The first-order valence-corrected chi connectivity index (χ1v) is 6.84. The highest BCUT2D eigenvalue weighted by Gasteiger charge is 2.14. The minimum absolute atomic E-state index is 0.577. The fourth-order valence-corrected chi connectivity index (χ4v) is 2.57. The van der Waals surface area contributed by atoms with Crippen molar-refractivity contribution in [3.63, 3.8) is 0 Å². The van der Waals surface area contributed by atoms with Gasteiger partial charge in [0.25, 0.3) is 0 Å². The van der Waals surface area contributed by atoms with E-state index in [0.29, 0.717) is 5.82 Å². The molecule has 0 aliphatic carbocycles. The van der Waals surface area contributed by atoms with Crippen molar-refractivity contribution in [3.05, 3.63) is 65.5 Å². The zero-order valence-electron chi connectivity index (χ0n) is 11.7. The number of rotatable bonds is 3. The molecule has 1 N–H and O–H groups in total. The molecular weight excluding hydrogens is 248 g/mol. The van der Waals surface area contributed by atoms with Crippen LogP contribution in [-0.2, 0) is 6.54 Å². The summed E-state index contributed by atoms with van der Waals surface area (Å²) in [6.07, 6.45) is -0.577. The maximum absolute atomic E-state index is 9.95. The molecule has 20 heavy (non-hydrogen) atoms. The monoisotopic (exact) mass is 266 g/mol. The number of aryl methyl sites for hydroxylation is 1. The van der Waals surface area contributed by atoms with Crippen molar-refractivity contribution in [2.75, 3.05) is 0 Å². The summed E-state index contributed by atoms with van der Waals surface area (Å²) in [6, 6.07) is 16.4. The van der Waals surface area contributed by atoms with Crippen molar-refractivity contribution in [1.82, 2.24) is 9.55 Å². The SMILES string of the molecule is Cc1cccc(Cn2c([C@@H](C)O)nc3ccccc32)c1. The van der Waals surface area contributed by atoms with Crippen molar-refractivity contribution in [2.24, 2.45) is 0 Å². The van der Waals surface area contributed by atoms with Crippen molar-refractivity contribution >= 4 is 11.0 Å². The minimum atomic E-state index is -0.577. The Morgan fingerprint density at radius 2 is 1.95 bits per heavy atom. The number of aliphatic hydroxyl groups is 1. The number of imidazole rings is 1. The van der Waals surface area contributed by atoms with Gasteiger partial charge in [-0.15, -0.1) is 0 Å². The van der Waals surface area contributed by atoms with Crippen molar-refractivity contribution in [1.29, 1.82) is 0 Å². The van der Waals surface area contributed by atoms with E-state index in [2.05, 4.69) is 40.7 Å². The Balaban J connectivity index is 2.11. The van der Waals surface area contributed by atoms with Gasteiger partial charge in [-0.05, 0) is 31.5 Å². The molecule has 3 aromatic rings. The highest BCUT2D eigenvalue weighted by molar-refractivity contribution is 5.76. The van der Waals surface area contributed by atoms with Crippen LogP contribution in [0, 0.1) is 6.92 Å². The molecule has 0 bridgehead atoms. The van der Waals surface area contributed by atoms with E-state index in [-0.39, 0.29) is 0 Å². The summed E-state index contributed by atoms with van der Waals surface area (Å²) in [7, 11) is 0. The van der Waals surface area contributed by atoms with Crippen LogP contribution in [0.3, 0.4) is 0 Å². The van der Waals surface area contributed by atoms with Gasteiger partial charge in [-0.2, -0.15) is 0 Å². The lowest BCUT2D eigenvalue weighted by atomic mass is 10.1. The molecule has 0 spiro atoms. The Morgan fingerprint density at radius 1 is 1.15 bits per heavy atom. The molecule has 2 aromatic carbocycles. The van der Waals surface area contributed by atoms with Gasteiger partial charge in [0.2, 0.25) is 0 Å². The zero-order chi connectivity index (χ0) is 14.1. The molecule has 0 radical (unpaired) electrons. The summed E-state index contributed by atoms with van der Waals surface area (Å²) in [5.74, 6) is 0.715. The van der Waals surface area contributed by atoms with Crippen LogP contribution in [-0.4, -0.2) is 14.7 Å². The fraction of sp³-hybridized carbons (Fsp3) is 0.235. The summed E-state index contributed by atoms with van der Waals surface area (Å²) >= 11 is 0. The number of benzene rings is 2. The van der Waals surface area contributed by atoms with Crippen LogP contribution in [0.15, 0.2) is 48.5 Å².